The molecule has 0 saturated carbocycles. The molecule has 130 valence electrons. The highest BCUT2D eigenvalue weighted by Gasteiger charge is 2.31. The summed E-state index contributed by atoms with van der Waals surface area (Å²) in [7, 11) is 0. The van der Waals surface area contributed by atoms with Gasteiger partial charge in [-0.25, -0.2) is 4.79 Å². The number of carbonyl (C=O) groups is 3. The first-order chi connectivity index (χ1) is 11.8. The lowest BCUT2D eigenvalue weighted by Crippen LogP contribution is -2.36. The lowest BCUT2D eigenvalue weighted by Gasteiger charge is -2.19. The zero-order chi connectivity index (χ0) is 18.2. The molecule has 0 aliphatic carbocycles. The SMILES string of the molecule is CC(C)(C(=O)O)n1ccc(NC(=O)CN2Cc3ccccc3C2=O)n1. The van der Waals surface area contributed by atoms with Crippen LogP contribution in [0.3, 0.4) is 0 Å². The second kappa shape index (κ2) is 6.04. The van der Waals surface area contributed by atoms with Crippen molar-refractivity contribution in [2.75, 3.05) is 11.9 Å². The Labute approximate surface area is 144 Å². The van der Waals surface area contributed by atoms with Gasteiger partial charge in [-0.05, 0) is 25.5 Å². The molecule has 1 aliphatic rings. The number of nitrogens with one attached hydrogen (secondary N) is 1. The Morgan fingerprint density at radius 1 is 1.28 bits per heavy atom. The lowest BCUT2D eigenvalue weighted by atomic mass is 10.1. The van der Waals surface area contributed by atoms with Gasteiger partial charge in [-0.1, -0.05) is 18.2 Å². The predicted molar refractivity (Wildman–Crippen MR) is 89.0 cm³/mol. The van der Waals surface area contributed by atoms with E-state index in [1.165, 1.54) is 35.7 Å². The second-order valence-electron chi connectivity index (χ2n) is 6.38. The first-order valence-corrected chi connectivity index (χ1v) is 7.75. The molecule has 0 saturated heterocycles. The summed E-state index contributed by atoms with van der Waals surface area (Å²) in [6.45, 7) is 3.31. The monoisotopic (exact) mass is 342 g/mol. The molecule has 8 heteroatoms. The Balaban J connectivity index is 1.64. The fourth-order valence-electron chi connectivity index (χ4n) is 2.60. The minimum absolute atomic E-state index is 0.0945. The van der Waals surface area contributed by atoms with Gasteiger partial charge in [-0.2, -0.15) is 5.10 Å². The van der Waals surface area contributed by atoms with Gasteiger partial charge in [-0.15, -0.1) is 0 Å². The van der Waals surface area contributed by atoms with Gasteiger partial charge in [0.2, 0.25) is 5.91 Å². The summed E-state index contributed by atoms with van der Waals surface area (Å²) in [5.41, 5.74) is 0.283. The van der Waals surface area contributed by atoms with E-state index in [4.69, 9.17) is 0 Å². The molecule has 0 bridgehead atoms. The summed E-state index contributed by atoms with van der Waals surface area (Å²) < 4.78 is 1.27. The lowest BCUT2D eigenvalue weighted by molar-refractivity contribution is -0.146. The summed E-state index contributed by atoms with van der Waals surface area (Å²) in [5.74, 6) is -1.36. The van der Waals surface area contributed by atoms with E-state index < -0.39 is 11.5 Å². The third kappa shape index (κ3) is 3.10. The Morgan fingerprint density at radius 3 is 2.68 bits per heavy atom. The maximum Gasteiger partial charge on any atom is 0.331 e. The highest BCUT2D eigenvalue weighted by atomic mass is 16.4. The third-order valence-corrected chi connectivity index (χ3v) is 4.18. The van der Waals surface area contributed by atoms with E-state index in [2.05, 4.69) is 10.4 Å². The Bertz CT molecular complexity index is 856. The van der Waals surface area contributed by atoms with Crippen LogP contribution >= 0.6 is 0 Å². The molecule has 2 amide bonds. The number of aromatic nitrogens is 2. The van der Waals surface area contributed by atoms with Crippen LogP contribution in [0.2, 0.25) is 0 Å². The van der Waals surface area contributed by atoms with Crippen molar-refractivity contribution >= 4 is 23.6 Å². The van der Waals surface area contributed by atoms with Crippen LogP contribution in [0.1, 0.15) is 29.8 Å². The van der Waals surface area contributed by atoms with Crippen molar-refractivity contribution in [1.29, 1.82) is 0 Å². The second-order valence-corrected chi connectivity index (χ2v) is 6.38. The molecule has 0 fully saturated rings. The molecule has 0 spiro atoms. The van der Waals surface area contributed by atoms with E-state index in [0.29, 0.717) is 12.1 Å². The molecule has 25 heavy (non-hydrogen) atoms. The van der Waals surface area contributed by atoms with E-state index in [1.807, 2.05) is 12.1 Å². The Hall–Kier alpha value is -3.16. The van der Waals surface area contributed by atoms with Gasteiger partial charge in [0.15, 0.2) is 11.4 Å². The fourth-order valence-corrected chi connectivity index (χ4v) is 2.60. The minimum atomic E-state index is -1.23. The summed E-state index contributed by atoms with van der Waals surface area (Å²) in [5, 5.41) is 15.9. The third-order valence-electron chi connectivity index (χ3n) is 4.18. The number of benzene rings is 1. The number of carboxylic acid groups (broad SMARTS) is 1. The normalized spacial score (nSPS) is 13.7. The molecule has 1 aromatic heterocycles. The average Bonchev–Trinajstić information content (AvgIpc) is 3.14. The number of amides is 2. The van der Waals surface area contributed by atoms with Crippen LogP contribution < -0.4 is 5.32 Å². The number of fused-ring (bicyclic) bond motifs is 1. The zero-order valence-electron chi connectivity index (χ0n) is 13.9. The predicted octanol–water partition coefficient (Wildman–Crippen LogP) is 1.30. The van der Waals surface area contributed by atoms with Gasteiger partial charge in [0.05, 0.1) is 0 Å². The van der Waals surface area contributed by atoms with Crippen LogP contribution in [0.25, 0.3) is 0 Å². The molecular weight excluding hydrogens is 324 g/mol. The van der Waals surface area contributed by atoms with Crippen molar-refractivity contribution in [2.45, 2.75) is 25.9 Å². The number of nitrogens with zero attached hydrogens (tertiary/aromatic N) is 3. The van der Waals surface area contributed by atoms with Crippen molar-refractivity contribution in [3.8, 4) is 0 Å². The van der Waals surface area contributed by atoms with Crippen LogP contribution in [0.15, 0.2) is 36.5 Å². The van der Waals surface area contributed by atoms with E-state index in [0.717, 1.165) is 5.56 Å². The summed E-state index contributed by atoms with van der Waals surface area (Å²) in [6, 6.07) is 8.76. The molecule has 2 heterocycles. The molecular formula is C17H18N4O4. The summed E-state index contributed by atoms with van der Waals surface area (Å²) in [4.78, 5) is 37.1. The van der Waals surface area contributed by atoms with Crippen LogP contribution in [-0.2, 0) is 21.7 Å². The van der Waals surface area contributed by atoms with E-state index >= 15 is 0 Å². The molecule has 0 atom stereocenters. The number of carboxylic acids is 1. The van der Waals surface area contributed by atoms with Gasteiger partial charge < -0.3 is 15.3 Å². The number of rotatable bonds is 5. The number of anilines is 1. The summed E-state index contributed by atoms with van der Waals surface area (Å²) >= 11 is 0. The first kappa shape index (κ1) is 16.7. The first-order valence-electron chi connectivity index (χ1n) is 7.75. The van der Waals surface area contributed by atoms with E-state index in [1.54, 1.807) is 12.1 Å². The highest BCUT2D eigenvalue weighted by Crippen LogP contribution is 2.22. The number of hydrogen-bond donors (Lipinski definition) is 2. The average molecular weight is 342 g/mol. The van der Waals surface area contributed by atoms with Crippen molar-refractivity contribution in [3.63, 3.8) is 0 Å². The highest BCUT2D eigenvalue weighted by molar-refractivity contribution is 6.01. The van der Waals surface area contributed by atoms with Crippen LogP contribution in [0, 0.1) is 0 Å². The molecule has 1 aromatic carbocycles. The number of aliphatic carboxylic acids is 1. The molecule has 1 aliphatic heterocycles. The van der Waals surface area contributed by atoms with E-state index in [9.17, 15) is 19.5 Å². The van der Waals surface area contributed by atoms with E-state index in [-0.39, 0.29) is 24.2 Å². The smallest absolute Gasteiger partial charge is 0.331 e. The van der Waals surface area contributed by atoms with Crippen molar-refractivity contribution in [2.24, 2.45) is 0 Å². The van der Waals surface area contributed by atoms with Crippen LogP contribution in [0.4, 0.5) is 5.82 Å². The van der Waals surface area contributed by atoms with Gasteiger partial charge in [0.25, 0.3) is 5.91 Å². The Morgan fingerprint density at radius 2 is 2.00 bits per heavy atom. The van der Waals surface area contributed by atoms with Gasteiger partial charge in [0.1, 0.15) is 6.54 Å². The van der Waals surface area contributed by atoms with Gasteiger partial charge >= 0.3 is 5.97 Å². The maximum absolute atomic E-state index is 12.3. The standard InChI is InChI=1S/C17H18N4O4/c1-17(2,16(24)25)21-8-7-13(19-21)18-14(22)10-20-9-11-5-3-4-6-12(11)15(20)23/h3-8H,9-10H2,1-2H3,(H,24,25)(H,18,19,22). The van der Waals surface area contributed by atoms with Crippen LogP contribution in [-0.4, -0.2) is 44.1 Å². The fraction of sp³-hybridized carbons (Fsp3) is 0.294. The minimum Gasteiger partial charge on any atom is -0.479 e. The molecule has 0 radical (unpaired) electrons. The maximum atomic E-state index is 12.3. The topological polar surface area (TPSA) is 105 Å². The molecule has 8 nitrogen and oxygen atoms in total. The van der Waals surface area contributed by atoms with Gasteiger partial charge in [-0.3, -0.25) is 14.3 Å². The molecule has 2 N–H and O–H groups in total. The quantitative estimate of drug-likeness (QED) is 0.852. The Kier molecular flexibility index (Phi) is 4.03. The number of carbonyl (C=O) groups excluding carboxylic acids is 2. The largest absolute Gasteiger partial charge is 0.479 e. The van der Waals surface area contributed by atoms with Crippen LogP contribution in [0.5, 0.6) is 0 Å². The zero-order valence-corrected chi connectivity index (χ0v) is 13.9. The molecule has 3 rings (SSSR count). The van der Waals surface area contributed by atoms with Gasteiger partial charge in [0, 0.05) is 24.4 Å². The summed E-state index contributed by atoms with van der Waals surface area (Å²) in [6.07, 6.45) is 1.49. The van der Waals surface area contributed by atoms with Crippen molar-refractivity contribution in [3.05, 3.63) is 47.7 Å². The molecule has 2 aromatic rings. The molecule has 0 unspecified atom stereocenters. The number of hydrogen-bond acceptors (Lipinski definition) is 4. The van der Waals surface area contributed by atoms with Crippen molar-refractivity contribution < 1.29 is 19.5 Å². The van der Waals surface area contributed by atoms with Crippen molar-refractivity contribution in [1.82, 2.24) is 14.7 Å².